The van der Waals surface area contributed by atoms with Gasteiger partial charge in [-0.1, -0.05) is 42.8 Å². The fourth-order valence-electron chi connectivity index (χ4n) is 6.21. The maximum atomic E-state index is 13.4. The zero-order valence-electron chi connectivity index (χ0n) is 28.2. The highest BCUT2D eigenvalue weighted by Gasteiger charge is 2.34. The summed E-state index contributed by atoms with van der Waals surface area (Å²) in [6.07, 6.45) is 5.21. The van der Waals surface area contributed by atoms with Crippen molar-refractivity contribution in [3.63, 3.8) is 0 Å². The lowest BCUT2D eigenvalue weighted by Gasteiger charge is -2.40. The van der Waals surface area contributed by atoms with Crippen LogP contribution < -0.4 is 10.6 Å². The molecule has 8 heteroatoms. The molecule has 1 fully saturated rings. The molecule has 1 atom stereocenters. The first kappa shape index (κ1) is 35.7. The number of hydrogen-bond donors (Lipinski definition) is 2. The van der Waals surface area contributed by atoms with Gasteiger partial charge < -0.3 is 24.6 Å². The zero-order valence-corrected chi connectivity index (χ0v) is 28.2. The van der Waals surface area contributed by atoms with E-state index in [1.165, 1.54) is 0 Å². The van der Waals surface area contributed by atoms with Crippen molar-refractivity contribution in [2.45, 2.75) is 79.7 Å². The number of para-hydroxylation sites is 2. The van der Waals surface area contributed by atoms with Crippen LogP contribution in [0.2, 0.25) is 0 Å². The van der Waals surface area contributed by atoms with Crippen molar-refractivity contribution < 1.29 is 23.5 Å². The van der Waals surface area contributed by atoms with E-state index in [1.807, 2.05) is 77.9 Å². The lowest BCUT2D eigenvalue weighted by molar-refractivity contribution is -0.921. The molecule has 1 unspecified atom stereocenters. The lowest BCUT2D eigenvalue weighted by atomic mass is 10.00. The minimum absolute atomic E-state index is 0.0362. The number of hydrogen-bond acceptors (Lipinski definition) is 5. The molecular formula is C36H57N4O4+. The monoisotopic (exact) mass is 609 g/mol. The molecule has 0 aliphatic carbocycles. The Bertz CT molecular complexity index is 1150. The molecule has 0 aromatic heterocycles. The van der Waals surface area contributed by atoms with Crippen LogP contribution in [-0.4, -0.2) is 92.9 Å². The van der Waals surface area contributed by atoms with Crippen molar-refractivity contribution >= 4 is 23.2 Å². The molecule has 0 radical (unpaired) electrons. The molecule has 0 spiro atoms. The number of ether oxygens (including phenoxy) is 2. The molecule has 1 aliphatic heterocycles. The van der Waals surface area contributed by atoms with Crippen LogP contribution in [-0.2, 0) is 19.1 Å². The molecule has 2 aromatic carbocycles. The van der Waals surface area contributed by atoms with E-state index in [-0.39, 0.29) is 17.9 Å². The fourth-order valence-corrected chi connectivity index (χ4v) is 6.21. The largest absolute Gasteiger partial charge is 0.376 e. The van der Waals surface area contributed by atoms with Gasteiger partial charge in [-0.2, -0.15) is 0 Å². The second kappa shape index (κ2) is 18.3. The number of amides is 2. The SMILES string of the molecule is CCOCC[N+](CCCCCCN1CCC1C(=O)Nc1c(C)cccc1C)(CCOCC)CC(=O)Nc1c(C)cccc1C. The van der Waals surface area contributed by atoms with E-state index < -0.39 is 0 Å². The summed E-state index contributed by atoms with van der Waals surface area (Å²) < 4.78 is 12.2. The molecule has 1 aliphatic rings. The van der Waals surface area contributed by atoms with Crippen LogP contribution in [0.1, 0.15) is 68.2 Å². The summed E-state index contributed by atoms with van der Waals surface area (Å²) in [4.78, 5) is 28.8. The van der Waals surface area contributed by atoms with Crippen LogP contribution in [0, 0.1) is 27.7 Å². The number of carbonyl (C=O) groups is 2. The lowest BCUT2D eigenvalue weighted by Crippen LogP contribution is -2.56. The summed E-state index contributed by atoms with van der Waals surface area (Å²) in [6, 6.07) is 12.2. The number of anilines is 2. The van der Waals surface area contributed by atoms with Crippen molar-refractivity contribution in [1.82, 2.24) is 4.90 Å². The quantitative estimate of drug-likeness (QED) is 0.142. The minimum atomic E-state index is -0.0362. The molecule has 2 aromatic rings. The molecule has 1 heterocycles. The molecule has 8 nitrogen and oxygen atoms in total. The van der Waals surface area contributed by atoms with Crippen molar-refractivity contribution in [3.8, 4) is 0 Å². The highest BCUT2D eigenvalue weighted by Crippen LogP contribution is 2.24. The van der Waals surface area contributed by atoms with Gasteiger partial charge in [0.15, 0.2) is 6.54 Å². The summed E-state index contributed by atoms with van der Waals surface area (Å²) in [5.41, 5.74) is 6.21. The summed E-state index contributed by atoms with van der Waals surface area (Å²) in [6.45, 7) is 19.6. The second-order valence-corrected chi connectivity index (χ2v) is 12.4. The Kier molecular flexibility index (Phi) is 14.8. The highest BCUT2D eigenvalue weighted by molar-refractivity contribution is 5.96. The normalized spacial score (nSPS) is 15.2. The predicted molar refractivity (Wildman–Crippen MR) is 180 cm³/mol. The fraction of sp³-hybridized carbons (Fsp3) is 0.611. The number of likely N-dealkylation sites (tertiary alicyclic amines) is 1. The van der Waals surface area contributed by atoms with E-state index in [0.717, 1.165) is 98.5 Å². The second-order valence-electron chi connectivity index (χ2n) is 12.4. The molecule has 0 bridgehead atoms. The van der Waals surface area contributed by atoms with Gasteiger partial charge in [-0.15, -0.1) is 0 Å². The van der Waals surface area contributed by atoms with Crippen LogP contribution in [0.4, 0.5) is 11.4 Å². The van der Waals surface area contributed by atoms with Gasteiger partial charge in [-0.3, -0.25) is 14.5 Å². The minimum Gasteiger partial charge on any atom is -0.376 e. The Balaban J connectivity index is 1.52. The van der Waals surface area contributed by atoms with Gasteiger partial charge in [0, 0.05) is 31.1 Å². The van der Waals surface area contributed by atoms with Crippen molar-refractivity contribution in [2.75, 3.05) is 76.3 Å². The maximum Gasteiger partial charge on any atom is 0.279 e. The average molecular weight is 610 g/mol. The van der Waals surface area contributed by atoms with Gasteiger partial charge in [0.1, 0.15) is 13.1 Å². The first-order valence-corrected chi connectivity index (χ1v) is 16.7. The molecule has 3 rings (SSSR count). The molecule has 1 saturated heterocycles. The predicted octanol–water partition coefficient (Wildman–Crippen LogP) is 6.02. The van der Waals surface area contributed by atoms with Gasteiger partial charge in [0.25, 0.3) is 5.91 Å². The van der Waals surface area contributed by atoms with Gasteiger partial charge in [-0.25, -0.2) is 0 Å². The van der Waals surface area contributed by atoms with Crippen LogP contribution in [0.5, 0.6) is 0 Å². The van der Waals surface area contributed by atoms with Gasteiger partial charge in [-0.05, 0) is 96.0 Å². The number of rotatable bonds is 20. The number of unbranched alkanes of at least 4 members (excludes halogenated alkanes) is 3. The number of nitrogens with zero attached hydrogens (tertiary/aromatic N) is 2. The molecule has 2 N–H and O–H groups in total. The Hall–Kier alpha value is -2.78. The number of nitrogens with one attached hydrogen (secondary N) is 2. The van der Waals surface area contributed by atoms with Crippen LogP contribution in [0.3, 0.4) is 0 Å². The average Bonchev–Trinajstić information content (AvgIpc) is 2.96. The first-order valence-electron chi connectivity index (χ1n) is 16.7. The summed E-state index contributed by atoms with van der Waals surface area (Å²) in [5, 5.41) is 6.39. The first-order chi connectivity index (χ1) is 21.2. The number of aryl methyl sites for hydroxylation is 4. The van der Waals surface area contributed by atoms with E-state index in [9.17, 15) is 9.59 Å². The Morgan fingerprint density at radius 2 is 1.30 bits per heavy atom. The van der Waals surface area contributed by atoms with E-state index in [2.05, 4.69) is 15.5 Å². The Morgan fingerprint density at radius 1 is 0.773 bits per heavy atom. The summed E-state index contributed by atoms with van der Waals surface area (Å²) in [7, 11) is 0. The van der Waals surface area contributed by atoms with Crippen molar-refractivity contribution in [2.24, 2.45) is 0 Å². The molecule has 2 amide bonds. The zero-order chi connectivity index (χ0) is 32.0. The molecule has 0 saturated carbocycles. The summed E-state index contributed by atoms with van der Waals surface area (Å²) >= 11 is 0. The maximum absolute atomic E-state index is 13.4. The smallest absolute Gasteiger partial charge is 0.279 e. The van der Waals surface area contributed by atoms with E-state index in [0.29, 0.717) is 37.5 Å². The standard InChI is InChI=1S/C36H56N4O4/c1-7-43-25-23-40(24-26-44-8-2,27-33(41)37-34-28(3)15-13-16-29(34)4)22-12-10-9-11-20-39-21-19-32(39)36(42)38-35-30(5)17-14-18-31(35)6/h13-18,32H,7-12,19-27H2,1-6H3,(H-,37,38,41,42)/p+1. The topological polar surface area (TPSA) is 79.9 Å². The van der Waals surface area contributed by atoms with Crippen LogP contribution in [0.25, 0.3) is 0 Å². The third-order valence-corrected chi connectivity index (χ3v) is 9.04. The van der Waals surface area contributed by atoms with Crippen LogP contribution in [0.15, 0.2) is 36.4 Å². The van der Waals surface area contributed by atoms with E-state index in [4.69, 9.17) is 9.47 Å². The number of carbonyl (C=O) groups excluding carboxylic acids is 2. The highest BCUT2D eigenvalue weighted by atomic mass is 16.5. The number of benzene rings is 2. The van der Waals surface area contributed by atoms with Crippen molar-refractivity contribution in [3.05, 3.63) is 58.7 Å². The van der Waals surface area contributed by atoms with Gasteiger partial charge in [0.05, 0.1) is 25.8 Å². The third kappa shape index (κ3) is 10.7. The van der Waals surface area contributed by atoms with Gasteiger partial charge >= 0.3 is 0 Å². The van der Waals surface area contributed by atoms with Crippen LogP contribution >= 0.6 is 0 Å². The number of quaternary nitrogens is 1. The van der Waals surface area contributed by atoms with E-state index in [1.54, 1.807) is 0 Å². The Labute approximate surface area is 266 Å². The molecule has 44 heavy (non-hydrogen) atoms. The van der Waals surface area contributed by atoms with E-state index >= 15 is 0 Å². The molecule has 244 valence electrons. The van der Waals surface area contributed by atoms with Gasteiger partial charge in [0.2, 0.25) is 5.91 Å². The van der Waals surface area contributed by atoms with Crippen molar-refractivity contribution in [1.29, 1.82) is 0 Å². The Morgan fingerprint density at radius 3 is 1.80 bits per heavy atom. The third-order valence-electron chi connectivity index (χ3n) is 9.04. The molecular weight excluding hydrogens is 552 g/mol. The summed E-state index contributed by atoms with van der Waals surface area (Å²) in [5.74, 6) is 0.150.